The van der Waals surface area contributed by atoms with Gasteiger partial charge in [0.2, 0.25) is 11.8 Å². The van der Waals surface area contributed by atoms with Crippen LogP contribution < -0.4 is 21.5 Å². The lowest BCUT2D eigenvalue weighted by Gasteiger charge is -2.29. The van der Waals surface area contributed by atoms with E-state index >= 15 is 0 Å². The first kappa shape index (κ1) is 42.9. The number of ketones is 1. The van der Waals surface area contributed by atoms with Crippen LogP contribution in [0.15, 0.2) is 65.5 Å². The average Bonchev–Trinajstić information content (AvgIpc) is 3.68. The Kier molecular flexibility index (Phi) is 12.5. The molecule has 1 atom stereocenters. The van der Waals surface area contributed by atoms with Crippen LogP contribution in [0.1, 0.15) is 105 Å². The van der Waals surface area contributed by atoms with Gasteiger partial charge in [-0.25, -0.2) is 14.3 Å². The van der Waals surface area contributed by atoms with E-state index in [4.69, 9.17) is 9.47 Å². The number of anilines is 2. The number of hydrogen-bond acceptors (Lipinski definition) is 8. The van der Waals surface area contributed by atoms with Crippen LogP contribution in [-0.4, -0.2) is 56.9 Å². The first-order valence-electron chi connectivity index (χ1n) is 20.6. The molecule has 4 aromatic rings. The number of benzene rings is 3. The second kappa shape index (κ2) is 17.2. The van der Waals surface area contributed by atoms with Gasteiger partial charge in [0.05, 0.1) is 17.3 Å². The molecule has 3 N–H and O–H groups in total. The first-order valence-corrected chi connectivity index (χ1v) is 20.6. The second-order valence-electron chi connectivity index (χ2n) is 18.2. The summed E-state index contributed by atoms with van der Waals surface area (Å²) in [4.78, 5) is 78.8. The van der Waals surface area contributed by atoms with Gasteiger partial charge in [0.15, 0.2) is 0 Å². The van der Waals surface area contributed by atoms with E-state index in [1.165, 1.54) is 9.36 Å². The van der Waals surface area contributed by atoms with Gasteiger partial charge < -0.3 is 25.4 Å². The minimum Gasteiger partial charge on any atom is -0.444 e. The topological polar surface area (TPSA) is 167 Å². The van der Waals surface area contributed by atoms with E-state index in [9.17, 15) is 28.8 Å². The van der Waals surface area contributed by atoms with Gasteiger partial charge in [-0.05, 0) is 140 Å². The number of nitrogens with zero attached hydrogens (tertiary/aromatic N) is 2. The quantitative estimate of drug-likeness (QED) is 0.136. The highest BCUT2D eigenvalue weighted by Gasteiger charge is 2.32. The predicted molar refractivity (Wildman–Crippen MR) is 228 cm³/mol. The molecule has 2 heterocycles. The molecule has 0 unspecified atom stereocenters. The lowest BCUT2D eigenvalue weighted by molar-refractivity contribution is -0.129. The number of Topliss-reactive ketones (excluding diaryl/α,β-unsaturated/α-hetero) is 1. The number of aromatic nitrogens is 2. The molecule has 0 spiro atoms. The molecule has 2 aliphatic rings. The summed E-state index contributed by atoms with van der Waals surface area (Å²) >= 11 is 0. The minimum atomic E-state index is -0.765. The van der Waals surface area contributed by atoms with E-state index in [2.05, 4.69) is 16.0 Å². The minimum absolute atomic E-state index is 0.0409. The molecule has 6 rings (SSSR count). The summed E-state index contributed by atoms with van der Waals surface area (Å²) in [6.45, 7) is 15.0. The Morgan fingerprint density at radius 1 is 0.831 bits per heavy atom. The van der Waals surface area contributed by atoms with E-state index in [1.54, 1.807) is 39.0 Å². The molecule has 0 radical (unpaired) electrons. The number of ether oxygens (including phenoxy) is 2. The van der Waals surface area contributed by atoms with Crippen LogP contribution in [0.4, 0.5) is 21.0 Å². The summed E-state index contributed by atoms with van der Waals surface area (Å²) in [5.41, 5.74) is 3.35. The smallest absolute Gasteiger partial charge is 0.434 e. The van der Waals surface area contributed by atoms with Gasteiger partial charge in [-0.3, -0.25) is 19.2 Å². The largest absolute Gasteiger partial charge is 0.444 e. The van der Waals surface area contributed by atoms with Crippen molar-refractivity contribution in [3.8, 4) is 11.1 Å². The molecule has 13 heteroatoms. The number of amides is 3. The Bertz CT molecular complexity index is 2300. The third-order valence-electron chi connectivity index (χ3n) is 10.8. The summed E-state index contributed by atoms with van der Waals surface area (Å²) < 4.78 is 13.8. The highest BCUT2D eigenvalue weighted by atomic mass is 16.6. The molecule has 0 bridgehead atoms. The van der Waals surface area contributed by atoms with E-state index in [1.807, 2.05) is 77.1 Å². The van der Waals surface area contributed by atoms with Crippen LogP contribution in [0.3, 0.4) is 0 Å². The lowest BCUT2D eigenvalue weighted by atomic mass is 9.77. The fraction of sp³-hybridized carbons (Fsp3) is 0.478. The monoisotopic (exact) mass is 807 g/mol. The Balaban J connectivity index is 1.19. The van der Waals surface area contributed by atoms with Crippen LogP contribution >= 0.6 is 0 Å². The number of alkyl carbamates (subject to hydrolysis) is 1. The van der Waals surface area contributed by atoms with E-state index in [0.717, 1.165) is 35.1 Å². The predicted octanol–water partition coefficient (Wildman–Crippen LogP) is 8.42. The number of hydrogen-bond donors (Lipinski definition) is 3. The Morgan fingerprint density at radius 3 is 2.14 bits per heavy atom. The van der Waals surface area contributed by atoms with Gasteiger partial charge in [-0.2, -0.15) is 4.68 Å². The number of nitrogens with one attached hydrogen (secondary N) is 3. The van der Waals surface area contributed by atoms with Gasteiger partial charge in [-0.1, -0.05) is 36.4 Å². The SMILES string of the molecule is CC(C)n1c(=O)c2ccc(-c3ccc(C[C@H](CC(=O)C4CCC(CNC(=O)OC(C)(C)C)CC4)C(=O)Nc4ccc5c(c4)NC(=O)C5)cc3)cc2n1C(=O)OC(C)(C)C. The summed E-state index contributed by atoms with van der Waals surface area (Å²) in [6, 6.07) is 18.1. The van der Waals surface area contributed by atoms with Crippen molar-refractivity contribution in [3.63, 3.8) is 0 Å². The van der Waals surface area contributed by atoms with Crippen LogP contribution in [0.5, 0.6) is 0 Å². The molecule has 1 aliphatic heterocycles. The molecule has 0 saturated heterocycles. The molecule has 3 amide bonds. The summed E-state index contributed by atoms with van der Waals surface area (Å²) in [6.07, 6.45) is 2.50. The molecule has 314 valence electrons. The zero-order valence-corrected chi connectivity index (χ0v) is 35.4. The number of rotatable bonds is 11. The number of carbonyl (C=O) groups is 5. The van der Waals surface area contributed by atoms with Crippen molar-refractivity contribution in [3.05, 3.63) is 82.1 Å². The van der Waals surface area contributed by atoms with Crippen LogP contribution in [0.2, 0.25) is 0 Å². The lowest BCUT2D eigenvalue weighted by Crippen LogP contribution is -2.37. The summed E-state index contributed by atoms with van der Waals surface area (Å²) in [7, 11) is 0. The van der Waals surface area contributed by atoms with Gasteiger partial charge in [0.25, 0.3) is 5.56 Å². The fourth-order valence-corrected chi connectivity index (χ4v) is 7.91. The highest BCUT2D eigenvalue weighted by Crippen LogP contribution is 2.33. The average molecular weight is 808 g/mol. The van der Waals surface area contributed by atoms with E-state index < -0.39 is 29.3 Å². The van der Waals surface area contributed by atoms with Crippen LogP contribution in [0, 0.1) is 17.8 Å². The van der Waals surface area contributed by atoms with Crippen molar-refractivity contribution in [2.24, 2.45) is 17.8 Å². The maximum Gasteiger partial charge on any atom is 0.434 e. The second-order valence-corrected chi connectivity index (χ2v) is 18.2. The maximum absolute atomic E-state index is 14.0. The molecule has 13 nitrogen and oxygen atoms in total. The van der Waals surface area contributed by atoms with E-state index in [0.29, 0.717) is 48.1 Å². The Morgan fingerprint density at radius 2 is 1.49 bits per heavy atom. The Labute approximate surface area is 345 Å². The molecular weight excluding hydrogens is 751 g/mol. The molecule has 1 aromatic heterocycles. The zero-order valence-electron chi connectivity index (χ0n) is 35.4. The van der Waals surface area contributed by atoms with Crippen molar-refractivity contribution in [1.82, 2.24) is 14.7 Å². The van der Waals surface area contributed by atoms with Gasteiger partial charge in [0, 0.05) is 42.2 Å². The van der Waals surface area contributed by atoms with Crippen molar-refractivity contribution in [2.75, 3.05) is 17.2 Å². The first-order chi connectivity index (χ1) is 27.7. The fourth-order valence-electron chi connectivity index (χ4n) is 7.91. The van der Waals surface area contributed by atoms with Crippen LogP contribution in [0.25, 0.3) is 22.0 Å². The van der Waals surface area contributed by atoms with Crippen LogP contribution in [-0.2, 0) is 36.7 Å². The molecular formula is C46H57N5O8. The van der Waals surface area contributed by atoms with Crippen molar-refractivity contribution >= 4 is 52.1 Å². The third-order valence-corrected chi connectivity index (χ3v) is 10.8. The molecule has 1 aliphatic carbocycles. The molecule has 59 heavy (non-hydrogen) atoms. The maximum atomic E-state index is 14.0. The molecule has 3 aromatic carbocycles. The molecule has 1 saturated carbocycles. The summed E-state index contributed by atoms with van der Waals surface area (Å²) in [5, 5.41) is 9.08. The van der Waals surface area contributed by atoms with Gasteiger partial charge >= 0.3 is 12.2 Å². The number of fused-ring (bicyclic) bond motifs is 2. The van der Waals surface area contributed by atoms with Gasteiger partial charge in [-0.15, -0.1) is 0 Å². The van der Waals surface area contributed by atoms with Crippen molar-refractivity contribution in [1.29, 1.82) is 0 Å². The third kappa shape index (κ3) is 10.7. The standard InChI is InChI=1S/C46H57N5O8/c1-27(2)50-42(55)36-20-18-32(22-38(36)51(50)44(57)59-46(6,7)8)30-13-9-28(10-14-30)21-34(41(54)48-35-19-17-33-24-40(53)49-37(33)25-35)23-39(52)31-15-11-29(12-16-31)26-47-43(56)58-45(3,4)5/h9-10,13-14,17-20,22,25,27,29,31,34H,11-12,15-16,21,23-24,26H2,1-8H3,(H,47,56)(H,48,54)(H,49,53)/t29?,31?,34-/m1/s1. The number of carbonyl (C=O) groups excluding carboxylic acids is 5. The van der Waals surface area contributed by atoms with Crippen molar-refractivity contribution in [2.45, 2.75) is 118 Å². The van der Waals surface area contributed by atoms with Gasteiger partial charge in [0.1, 0.15) is 17.0 Å². The van der Waals surface area contributed by atoms with E-state index in [-0.39, 0.29) is 53.9 Å². The Hall–Kier alpha value is -5.72. The highest BCUT2D eigenvalue weighted by molar-refractivity contribution is 6.01. The van der Waals surface area contributed by atoms with Crippen molar-refractivity contribution < 1.29 is 33.4 Å². The normalized spacial score (nSPS) is 17.3. The zero-order chi connectivity index (χ0) is 42.8. The summed E-state index contributed by atoms with van der Waals surface area (Å²) in [5.74, 6) is -0.957. The molecule has 1 fully saturated rings.